The van der Waals surface area contributed by atoms with Crippen LogP contribution in [0.1, 0.15) is 23.6 Å². The Hall–Kier alpha value is -2.41. The predicted molar refractivity (Wildman–Crippen MR) is 143 cm³/mol. The van der Waals surface area contributed by atoms with Crippen molar-refractivity contribution >= 4 is 38.9 Å². The van der Waals surface area contributed by atoms with Crippen LogP contribution < -0.4 is 19.7 Å². The maximum Gasteiger partial charge on any atom is 0.162 e. The smallest absolute Gasteiger partial charge is 0.162 e. The number of nitrogens with one attached hydrogen (secondary N) is 1. The molecule has 0 spiro atoms. The molecule has 0 bridgehead atoms. The predicted octanol–water partition coefficient (Wildman–Crippen LogP) is 6.84. The van der Waals surface area contributed by atoms with Crippen molar-refractivity contribution in [2.75, 3.05) is 43.1 Å². The highest BCUT2D eigenvalue weighted by Gasteiger charge is 2.15. The first-order chi connectivity index (χ1) is 16.5. The van der Waals surface area contributed by atoms with Crippen molar-refractivity contribution in [3.63, 3.8) is 0 Å². The lowest BCUT2D eigenvalue weighted by Gasteiger charge is -2.29. The first-order valence-corrected chi connectivity index (χ1v) is 12.7. The quantitative estimate of drug-likeness (QED) is 0.319. The highest BCUT2D eigenvalue weighted by molar-refractivity contribution is 9.10. The van der Waals surface area contributed by atoms with E-state index in [4.69, 9.17) is 25.8 Å². The van der Waals surface area contributed by atoms with Crippen LogP contribution in [0, 0.1) is 6.92 Å². The molecule has 1 fully saturated rings. The topological polar surface area (TPSA) is 43.0 Å². The average molecular weight is 546 g/mol. The molecule has 34 heavy (non-hydrogen) atoms. The van der Waals surface area contributed by atoms with Gasteiger partial charge in [-0.05, 0) is 55.3 Å². The molecule has 0 atom stereocenters. The van der Waals surface area contributed by atoms with Crippen LogP contribution in [0.2, 0.25) is 5.02 Å². The first kappa shape index (κ1) is 24.7. The molecule has 1 N–H and O–H groups in total. The minimum absolute atomic E-state index is 0.485. The van der Waals surface area contributed by atoms with Crippen LogP contribution in [-0.4, -0.2) is 32.9 Å². The van der Waals surface area contributed by atoms with Crippen LogP contribution in [0.3, 0.4) is 0 Å². The fourth-order valence-corrected chi connectivity index (χ4v) is 4.58. The van der Waals surface area contributed by atoms with Crippen molar-refractivity contribution in [1.29, 1.82) is 0 Å². The summed E-state index contributed by atoms with van der Waals surface area (Å²) in [6, 6.07) is 18.4. The van der Waals surface area contributed by atoms with Crippen LogP contribution in [0.25, 0.3) is 0 Å². The van der Waals surface area contributed by atoms with Crippen LogP contribution in [0.4, 0.5) is 11.4 Å². The van der Waals surface area contributed by atoms with Crippen LogP contribution in [0.5, 0.6) is 11.5 Å². The van der Waals surface area contributed by atoms with Gasteiger partial charge in [-0.3, -0.25) is 0 Å². The third-order valence-corrected chi connectivity index (χ3v) is 6.75. The van der Waals surface area contributed by atoms with E-state index in [-0.39, 0.29) is 0 Å². The molecule has 5 nitrogen and oxygen atoms in total. The monoisotopic (exact) mass is 544 g/mol. The van der Waals surface area contributed by atoms with Gasteiger partial charge >= 0.3 is 0 Å². The number of ether oxygens (including phenoxy) is 3. The number of hydrogen-bond donors (Lipinski definition) is 1. The van der Waals surface area contributed by atoms with E-state index in [0.717, 1.165) is 69.8 Å². The molecule has 1 aliphatic rings. The first-order valence-electron chi connectivity index (χ1n) is 11.5. The molecule has 3 aromatic rings. The zero-order chi connectivity index (χ0) is 23.9. The van der Waals surface area contributed by atoms with Crippen molar-refractivity contribution in [3.05, 3.63) is 80.8 Å². The van der Waals surface area contributed by atoms with Gasteiger partial charge in [0.1, 0.15) is 6.61 Å². The molecule has 0 radical (unpaired) electrons. The third kappa shape index (κ3) is 6.38. The van der Waals surface area contributed by atoms with E-state index in [1.165, 1.54) is 5.56 Å². The van der Waals surface area contributed by atoms with Gasteiger partial charge in [-0.15, -0.1) is 0 Å². The number of benzene rings is 3. The van der Waals surface area contributed by atoms with E-state index in [2.05, 4.69) is 69.5 Å². The molecule has 180 valence electrons. The Kier molecular flexibility index (Phi) is 8.59. The molecule has 0 amide bonds. The molecule has 0 aromatic heterocycles. The molecule has 7 heteroatoms. The Bertz CT molecular complexity index is 1100. The lowest BCUT2D eigenvalue weighted by atomic mass is 10.1. The Morgan fingerprint density at radius 2 is 1.74 bits per heavy atom. The summed E-state index contributed by atoms with van der Waals surface area (Å²) in [4.78, 5) is 2.26. The van der Waals surface area contributed by atoms with Crippen molar-refractivity contribution in [2.45, 2.75) is 27.0 Å². The summed E-state index contributed by atoms with van der Waals surface area (Å²) in [5, 5.41) is 4.21. The standard InChI is InChI=1S/C27H30BrClN2O3/c1-3-33-26-14-21(23(28)16-27(26)34-18-20-6-4-19(2)5-7-20)17-30-22-8-9-25(24(29)15-22)31-10-12-32-13-11-31/h4-9,14-16,30H,3,10-13,17-18H2,1-2H3. The van der Waals surface area contributed by atoms with Gasteiger partial charge in [-0.25, -0.2) is 0 Å². The molecule has 4 rings (SSSR count). The third-order valence-electron chi connectivity index (χ3n) is 5.71. The molecule has 1 aliphatic heterocycles. The summed E-state index contributed by atoms with van der Waals surface area (Å²) in [5.74, 6) is 1.45. The lowest BCUT2D eigenvalue weighted by Crippen LogP contribution is -2.36. The average Bonchev–Trinajstić information content (AvgIpc) is 2.85. The summed E-state index contributed by atoms with van der Waals surface area (Å²) < 4.78 is 18.4. The van der Waals surface area contributed by atoms with Crippen molar-refractivity contribution in [1.82, 2.24) is 0 Å². The molecular weight excluding hydrogens is 516 g/mol. The number of anilines is 2. The fraction of sp³-hybridized carbons (Fsp3) is 0.333. The minimum Gasteiger partial charge on any atom is -0.490 e. The summed E-state index contributed by atoms with van der Waals surface area (Å²) in [6.07, 6.45) is 0. The number of morpholine rings is 1. The SMILES string of the molecule is CCOc1cc(CNc2ccc(N3CCOCC3)c(Cl)c2)c(Br)cc1OCc1ccc(C)cc1. The Labute approximate surface area is 215 Å². The second kappa shape index (κ2) is 11.8. The van der Waals surface area contributed by atoms with Gasteiger partial charge in [-0.2, -0.15) is 0 Å². The second-order valence-corrected chi connectivity index (χ2v) is 9.48. The van der Waals surface area contributed by atoms with E-state index in [9.17, 15) is 0 Å². The summed E-state index contributed by atoms with van der Waals surface area (Å²) in [7, 11) is 0. The van der Waals surface area contributed by atoms with Gasteiger partial charge in [0.15, 0.2) is 11.5 Å². The Morgan fingerprint density at radius 1 is 1.00 bits per heavy atom. The normalized spacial score (nSPS) is 13.6. The molecule has 1 heterocycles. The largest absolute Gasteiger partial charge is 0.490 e. The molecule has 0 aliphatic carbocycles. The maximum atomic E-state index is 6.59. The molecule has 0 unspecified atom stereocenters. The summed E-state index contributed by atoms with van der Waals surface area (Å²) >= 11 is 10.3. The van der Waals surface area contributed by atoms with E-state index in [1.807, 2.05) is 25.1 Å². The zero-order valence-corrected chi connectivity index (χ0v) is 21.9. The number of hydrogen-bond acceptors (Lipinski definition) is 5. The fourth-order valence-electron chi connectivity index (χ4n) is 3.81. The van der Waals surface area contributed by atoms with Gasteiger partial charge in [-0.1, -0.05) is 57.4 Å². The van der Waals surface area contributed by atoms with Crippen LogP contribution >= 0.6 is 27.5 Å². The molecule has 0 saturated carbocycles. The minimum atomic E-state index is 0.485. The van der Waals surface area contributed by atoms with E-state index in [1.54, 1.807) is 0 Å². The van der Waals surface area contributed by atoms with Crippen molar-refractivity contribution < 1.29 is 14.2 Å². The van der Waals surface area contributed by atoms with Gasteiger partial charge in [0.2, 0.25) is 0 Å². The van der Waals surface area contributed by atoms with Gasteiger partial charge in [0, 0.05) is 29.8 Å². The molecule has 3 aromatic carbocycles. The Morgan fingerprint density at radius 3 is 2.44 bits per heavy atom. The lowest BCUT2D eigenvalue weighted by molar-refractivity contribution is 0.122. The van der Waals surface area contributed by atoms with Crippen LogP contribution in [-0.2, 0) is 17.9 Å². The number of aryl methyl sites for hydroxylation is 1. The zero-order valence-electron chi connectivity index (χ0n) is 19.6. The Balaban J connectivity index is 1.43. The van der Waals surface area contributed by atoms with Gasteiger partial charge in [0.25, 0.3) is 0 Å². The highest BCUT2D eigenvalue weighted by Crippen LogP contribution is 2.35. The van der Waals surface area contributed by atoms with Gasteiger partial charge in [0.05, 0.1) is 30.5 Å². The van der Waals surface area contributed by atoms with Crippen molar-refractivity contribution in [3.8, 4) is 11.5 Å². The summed E-state index contributed by atoms with van der Waals surface area (Å²) in [6.45, 7) is 8.90. The molecule has 1 saturated heterocycles. The second-order valence-electron chi connectivity index (χ2n) is 8.22. The number of rotatable bonds is 9. The number of halogens is 2. The van der Waals surface area contributed by atoms with Crippen molar-refractivity contribution in [2.24, 2.45) is 0 Å². The highest BCUT2D eigenvalue weighted by atomic mass is 79.9. The maximum absolute atomic E-state index is 6.59. The van der Waals surface area contributed by atoms with E-state index >= 15 is 0 Å². The van der Waals surface area contributed by atoms with Gasteiger partial charge < -0.3 is 24.4 Å². The summed E-state index contributed by atoms with van der Waals surface area (Å²) in [5.41, 5.74) is 5.43. The van der Waals surface area contributed by atoms with Crippen LogP contribution in [0.15, 0.2) is 59.1 Å². The van der Waals surface area contributed by atoms with E-state index in [0.29, 0.717) is 19.8 Å². The van der Waals surface area contributed by atoms with E-state index < -0.39 is 0 Å². The molecular formula is C27H30BrClN2O3. The number of nitrogens with zero attached hydrogens (tertiary/aromatic N) is 1.